The Bertz CT molecular complexity index is 648. The second kappa shape index (κ2) is 5.35. The van der Waals surface area contributed by atoms with Gasteiger partial charge < -0.3 is 5.11 Å². The highest BCUT2D eigenvalue weighted by Crippen LogP contribution is 2.28. The van der Waals surface area contributed by atoms with Crippen molar-refractivity contribution in [3.8, 4) is 0 Å². The van der Waals surface area contributed by atoms with Crippen LogP contribution in [0.4, 0.5) is 0 Å². The maximum absolute atomic E-state index is 10.3. The van der Waals surface area contributed by atoms with E-state index in [0.29, 0.717) is 6.54 Å². The molecule has 0 radical (unpaired) electrons. The highest BCUT2D eigenvalue weighted by atomic mass is 16.3. The van der Waals surface area contributed by atoms with E-state index in [4.69, 9.17) is 0 Å². The molecule has 1 N–H and O–H groups in total. The molecular formula is C17H23N3O. The number of fused-ring (bicyclic) bond motifs is 1. The zero-order chi connectivity index (χ0) is 15.0. The lowest BCUT2D eigenvalue weighted by Crippen LogP contribution is -2.45. The van der Waals surface area contributed by atoms with Crippen LogP contribution in [0.15, 0.2) is 24.3 Å². The zero-order valence-corrected chi connectivity index (χ0v) is 13.0. The molecule has 0 bridgehead atoms. The van der Waals surface area contributed by atoms with Gasteiger partial charge >= 0.3 is 0 Å². The molecule has 0 saturated carbocycles. The molecule has 1 saturated heterocycles. The lowest BCUT2D eigenvalue weighted by molar-refractivity contribution is -0.00572. The Morgan fingerprint density at radius 2 is 2.05 bits per heavy atom. The zero-order valence-electron chi connectivity index (χ0n) is 13.0. The van der Waals surface area contributed by atoms with E-state index in [1.807, 2.05) is 39.0 Å². The van der Waals surface area contributed by atoms with E-state index in [2.05, 4.69) is 20.9 Å². The Morgan fingerprint density at radius 1 is 1.29 bits per heavy atom. The molecule has 2 heterocycles. The minimum absolute atomic E-state index is 0.188. The number of para-hydroxylation sites is 1. The largest absolute Gasteiger partial charge is 0.389 e. The van der Waals surface area contributed by atoms with Gasteiger partial charge in [0.15, 0.2) is 0 Å². The number of nitrogens with zero attached hydrogens (tertiary/aromatic N) is 3. The topological polar surface area (TPSA) is 49.2 Å². The highest BCUT2D eigenvalue weighted by molar-refractivity contribution is 5.80. The number of aryl methyl sites for hydroxylation is 1. The van der Waals surface area contributed by atoms with Crippen LogP contribution in [-0.4, -0.2) is 38.2 Å². The number of hydrogen-bond donors (Lipinski definition) is 1. The first-order valence-corrected chi connectivity index (χ1v) is 7.64. The van der Waals surface area contributed by atoms with Gasteiger partial charge in [0.1, 0.15) is 5.82 Å². The third-order valence-electron chi connectivity index (χ3n) is 4.36. The Balaban J connectivity index is 1.88. The Hall–Kier alpha value is -1.52. The fraction of sp³-hybridized carbons (Fsp3) is 0.529. The summed E-state index contributed by atoms with van der Waals surface area (Å²) in [6.45, 7) is 7.53. The highest BCUT2D eigenvalue weighted by Gasteiger charge is 2.36. The molecule has 112 valence electrons. The van der Waals surface area contributed by atoms with E-state index in [1.165, 1.54) is 0 Å². The molecule has 21 heavy (non-hydrogen) atoms. The monoisotopic (exact) mass is 285 g/mol. The second-order valence-electron chi connectivity index (χ2n) is 6.52. The third-order valence-corrected chi connectivity index (χ3v) is 4.36. The molecule has 1 atom stereocenters. The average Bonchev–Trinajstić information content (AvgIpc) is 2.87. The SMILES string of the molecule is Cc1nc(CN2CCCC2C(C)(C)O)nc2ccccc12. The van der Waals surface area contributed by atoms with Crippen molar-refractivity contribution < 1.29 is 5.11 Å². The van der Waals surface area contributed by atoms with Gasteiger partial charge in [-0.2, -0.15) is 0 Å². The minimum Gasteiger partial charge on any atom is -0.389 e. The summed E-state index contributed by atoms with van der Waals surface area (Å²) in [6.07, 6.45) is 2.16. The molecule has 1 aromatic heterocycles. The van der Waals surface area contributed by atoms with E-state index >= 15 is 0 Å². The van der Waals surface area contributed by atoms with E-state index in [9.17, 15) is 5.11 Å². The van der Waals surface area contributed by atoms with Crippen molar-refractivity contribution in [3.05, 3.63) is 35.8 Å². The summed E-state index contributed by atoms with van der Waals surface area (Å²) in [7, 11) is 0. The maximum Gasteiger partial charge on any atom is 0.143 e. The number of aliphatic hydroxyl groups is 1. The lowest BCUT2D eigenvalue weighted by atomic mass is 9.97. The summed E-state index contributed by atoms with van der Waals surface area (Å²) < 4.78 is 0. The summed E-state index contributed by atoms with van der Waals surface area (Å²) in [5, 5.41) is 11.4. The van der Waals surface area contributed by atoms with E-state index < -0.39 is 5.60 Å². The minimum atomic E-state index is -0.678. The number of likely N-dealkylation sites (tertiary alicyclic amines) is 1. The maximum atomic E-state index is 10.3. The summed E-state index contributed by atoms with van der Waals surface area (Å²) in [4.78, 5) is 11.6. The van der Waals surface area contributed by atoms with Crippen LogP contribution in [0.5, 0.6) is 0 Å². The fourth-order valence-electron chi connectivity index (χ4n) is 3.36. The number of benzene rings is 1. The van der Waals surface area contributed by atoms with Crippen molar-refractivity contribution >= 4 is 10.9 Å². The summed E-state index contributed by atoms with van der Waals surface area (Å²) >= 11 is 0. The van der Waals surface area contributed by atoms with Crippen molar-refractivity contribution in [1.29, 1.82) is 0 Å². The van der Waals surface area contributed by atoms with Crippen LogP contribution in [0.2, 0.25) is 0 Å². The van der Waals surface area contributed by atoms with Crippen molar-refractivity contribution in [2.24, 2.45) is 0 Å². The quantitative estimate of drug-likeness (QED) is 0.942. The molecule has 4 nitrogen and oxygen atoms in total. The molecule has 2 aromatic rings. The molecule has 1 aromatic carbocycles. The van der Waals surface area contributed by atoms with Gasteiger partial charge in [-0.25, -0.2) is 9.97 Å². The molecule has 0 amide bonds. The van der Waals surface area contributed by atoms with Crippen molar-refractivity contribution in [2.45, 2.75) is 51.8 Å². The first kappa shape index (κ1) is 14.4. The molecule has 4 heteroatoms. The lowest BCUT2D eigenvalue weighted by Gasteiger charge is -2.33. The molecule has 1 unspecified atom stereocenters. The standard InChI is InChI=1S/C17H23N3O/c1-12-13-7-4-5-8-14(13)19-16(18-12)11-20-10-6-9-15(20)17(2,3)21/h4-5,7-8,15,21H,6,9-11H2,1-3H3. The predicted molar refractivity (Wildman–Crippen MR) is 84.0 cm³/mol. The van der Waals surface area contributed by atoms with Gasteiger partial charge in [-0.1, -0.05) is 18.2 Å². The first-order valence-electron chi connectivity index (χ1n) is 7.64. The van der Waals surface area contributed by atoms with Gasteiger partial charge in [-0.05, 0) is 46.2 Å². The molecule has 1 fully saturated rings. The van der Waals surface area contributed by atoms with E-state index in [-0.39, 0.29) is 6.04 Å². The van der Waals surface area contributed by atoms with Gasteiger partial charge in [-0.15, -0.1) is 0 Å². The van der Waals surface area contributed by atoms with Crippen LogP contribution < -0.4 is 0 Å². The number of rotatable bonds is 3. The summed E-state index contributed by atoms with van der Waals surface area (Å²) in [5.41, 5.74) is 1.34. The Morgan fingerprint density at radius 3 is 2.81 bits per heavy atom. The van der Waals surface area contributed by atoms with Crippen LogP contribution in [0, 0.1) is 6.92 Å². The average molecular weight is 285 g/mol. The smallest absolute Gasteiger partial charge is 0.143 e. The van der Waals surface area contributed by atoms with Crippen LogP contribution >= 0.6 is 0 Å². The van der Waals surface area contributed by atoms with Gasteiger partial charge in [0.05, 0.1) is 17.7 Å². The summed E-state index contributed by atoms with van der Waals surface area (Å²) in [6, 6.07) is 8.31. The molecule has 1 aliphatic heterocycles. The van der Waals surface area contributed by atoms with Crippen molar-refractivity contribution in [2.75, 3.05) is 6.54 Å². The van der Waals surface area contributed by atoms with Gasteiger partial charge in [0.25, 0.3) is 0 Å². The van der Waals surface area contributed by atoms with Gasteiger partial charge in [-0.3, -0.25) is 4.90 Å². The van der Waals surface area contributed by atoms with Crippen LogP contribution in [0.1, 0.15) is 38.2 Å². The van der Waals surface area contributed by atoms with Crippen molar-refractivity contribution in [1.82, 2.24) is 14.9 Å². The van der Waals surface area contributed by atoms with E-state index in [0.717, 1.165) is 41.8 Å². The van der Waals surface area contributed by atoms with Gasteiger partial charge in [0.2, 0.25) is 0 Å². The number of aromatic nitrogens is 2. The fourth-order valence-corrected chi connectivity index (χ4v) is 3.36. The van der Waals surface area contributed by atoms with Crippen LogP contribution in [0.3, 0.4) is 0 Å². The molecule has 3 rings (SSSR count). The molecule has 1 aliphatic rings. The van der Waals surface area contributed by atoms with Gasteiger partial charge in [0, 0.05) is 17.1 Å². The normalized spacial score (nSPS) is 20.3. The second-order valence-corrected chi connectivity index (χ2v) is 6.52. The van der Waals surface area contributed by atoms with Crippen LogP contribution in [0.25, 0.3) is 10.9 Å². The summed E-state index contributed by atoms with van der Waals surface area (Å²) in [5.74, 6) is 0.849. The molecule has 0 spiro atoms. The van der Waals surface area contributed by atoms with Crippen molar-refractivity contribution in [3.63, 3.8) is 0 Å². The predicted octanol–water partition coefficient (Wildman–Crippen LogP) is 2.67. The molecule has 0 aliphatic carbocycles. The van der Waals surface area contributed by atoms with Crippen LogP contribution in [-0.2, 0) is 6.54 Å². The molecular weight excluding hydrogens is 262 g/mol. The number of hydrogen-bond acceptors (Lipinski definition) is 4. The first-order chi connectivity index (χ1) is 9.95. The third kappa shape index (κ3) is 2.92. The van der Waals surface area contributed by atoms with E-state index in [1.54, 1.807) is 0 Å². The Labute approximate surface area is 125 Å². The Kier molecular flexibility index (Phi) is 3.68.